The Morgan fingerprint density at radius 1 is 1.25 bits per heavy atom. The van der Waals surface area contributed by atoms with Gasteiger partial charge in [0.1, 0.15) is 5.82 Å². The fourth-order valence-corrected chi connectivity index (χ4v) is 2.02. The lowest BCUT2D eigenvalue weighted by Gasteiger charge is -2.22. The van der Waals surface area contributed by atoms with Crippen molar-refractivity contribution in [1.29, 1.82) is 0 Å². The Balaban J connectivity index is 2.64. The van der Waals surface area contributed by atoms with Crippen LogP contribution in [0.15, 0.2) is 24.3 Å². The number of rotatable bonds is 6. The molecule has 1 rings (SSSR count). The zero-order valence-electron chi connectivity index (χ0n) is 10.5. The Kier molecular flexibility index (Phi) is 5.47. The molecule has 1 unspecified atom stereocenters. The van der Waals surface area contributed by atoms with Gasteiger partial charge in [-0.25, -0.2) is 4.39 Å². The molecule has 1 nitrogen and oxygen atoms in total. The second-order valence-electron chi connectivity index (χ2n) is 4.30. The van der Waals surface area contributed by atoms with Crippen molar-refractivity contribution in [3.8, 4) is 0 Å². The molecule has 90 valence electrons. The summed E-state index contributed by atoms with van der Waals surface area (Å²) >= 11 is 0. The molecule has 0 heterocycles. The van der Waals surface area contributed by atoms with Gasteiger partial charge in [0.2, 0.25) is 0 Å². The summed E-state index contributed by atoms with van der Waals surface area (Å²) in [6, 6.07) is 7.56. The van der Waals surface area contributed by atoms with E-state index in [1.54, 1.807) is 6.07 Å². The first-order chi connectivity index (χ1) is 7.69. The van der Waals surface area contributed by atoms with Crippen LogP contribution in [0.4, 0.5) is 4.39 Å². The molecule has 0 bridgehead atoms. The highest BCUT2D eigenvalue weighted by atomic mass is 19.1. The van der Waals surface area contributed by atoms with Crippen LogP contribution in [-0.4, -0.2) is 6.04 Å². The average Bonchev–Trinajstić information content (AvgIpc) is 2.28. The normalized spacial score (nSPS) is 14.8. The van der Waals surface area contributed by atoms with Crippen LogP contribution in [-0.2, 0) is 0 Å². The van der Waals surface area contributed by atoms with Crippen LogP contribution in [0.5, 0.6) is 0 Å². The van der Waals surface area contributed by atoms with Crippen molar-refractivity contribution in [2.75, 3.05) is 0 Å². The third-order valence-corrected chi connectivity index (χ3v) is 2.99. The lowest BCUT2D eigenvalue weighted by molar-refractivity contribution is 0.408. The lowest BCUT2D eigenvalue weighted by Crippen LogP contribution is -2.31. The van der Waals surface area contributed by atoms with Gasteiger partial charge in [-0.05, 0) is 25.8 Å². The van der Waals surface area contributed by atoms with Gasteiger partial charge < -0.3 is 5.32 Å². The first-order valence-electron chi connectivity index (χ1n) is 6.19. The van der Waals surface area contributed by atoms with Gasteiger partial charge in [-0.15, -0.1) is 0 Å². The molecule has 0 saturated heterocycles. The number of halogens is 1. The Labute approximate surface area is 98.1 Å². The molecule has 16 heavy (non-hydrogen) atoms. The van der Waals surface area contributed by atoms with Crippen LogP contribution in [0.3, 0.4) is 0 Å². The number of nitrogens with one attached hydrogen (secondary N) is 1. The fraction of sp³-hybridized carbons (Fsp3) is 0.571. The summed E-state index contributed by atoms with van der Waals surface area (Å²) in [5, 5.41) is 3.48. The van der Waals surface area contributed by atoms with Crippen molar-refractivity contribution >= 4 is 0 Å². The van der Waals surface area contributed by atoms with Gasteiger partial charge in [0, 0.05) is 17.6 Å². The third kappa shape index (κ3) is 3.60. The SMILES string of the molecule is CCCC(CC)N[C@H](C)c1ccccc1F. The van der Waals surface area contributed by atoms with E-state index in [4.69, 9.17) is 0 Å². The second kappa shape index (κ2) is 6.64. The Morgan fingerprint density at radius 2 is 1.94 bits per heavy atom. The smallest absolute Gasteiger partial charge is 0.127 e. The summed E-state index contributed by atoms with van der Waals surface area (Å²) < 4.78 is 13.5. The highest BCUT2D eigenvalue weighted by Crippen LogP contribution is 2.18. The van der Waals surface area contributed by atoms with Crippen molar-refractivity contribution < 1.29 is 4.39 Å². The van der Waals surface area contributed by atoms with E-state index < -0.39 is 0 Å². The number of benzene rings is 1. The standard InChI is InChI=1S/C14H22FN/c1-4-8-12(5-2)16-11(3)13-9-6-7-10-14(13)15/h6-7,9-12,16H,4-5,8H2,1-3H3/t11-,12?/m1/s1. The van der Waals surface area contributed by atoms with Gasteiger partial charge in [-0.3, -0.25) is 0 Å². The molecule has 0 saturated carbocycles. The van der Waals surface area contributed by atoms with Crippen LogP contribution in [0.25, 0.3) is 0 Å². The highest BCUT2D eigenvalue weighted by molar-refractivity contribution is 5.20. The molecule has 0 spiro atoms. The Hall–Kier alpha value is -0.890. The van der Waals surface area contributed by atoms with E-state index in [-0.39, 0.29) is 11.9 Å². The summed E-state index contributed by atoms with van der Waals surface area (Å²) in [6.07, 6.45) is 3.40. The van der Waals surface area contributed by atoms with Crippen molar-refractivity contribution in [3.63, 3.8) is 0 Å². The summed E-state index contributed by atoms with van der Waals surface area (Å²) in [5.41, 5.74) is 0.761. The van der Waals surface area contributed by atoms with E-state index in [9.17, 15) is 4.39 Å². The molecule has 0 aromatic heterocycles. The van der Waals surface area contributed by atoms with Gasteiger partial charge in [0.15, 0.2) is 0 Å². The molecular formula is C14H22FN. The molecule has 2 heteroatoms. The first-order valence-corrected chi connectivity index (χ1v) is 6.19. The molecule has 1 N–H and O–H groups in total. The van der Waals surface area contributed by atoms with E-state index >= 15 is 0 Å². The minimum atomic E-state index is -0.117. The molecule has 0 amide bonds. The van der Waals surface area contributed by atoms with E-state index in [0.29, 0.717) is 6.04 Å². The molecule has 2 atom stereocenters. The zero-order chi connectivity index (χ0) is 12.0. The maximum Gasteiger partial charge on any atom is 0.127 e. The van der Waals surface area contributed by atoms with Crippen LogP contribution < -0.4 is 5.32 Å². The van der Waals surface area contributed by atoms with E-state index in [1.807, 2.05) is 19.1 Å². The largest absolute Gasteiger partial charge is 0.307 e. The third-order valence-electron chi connectivity index (χ3n) is 2.99. The molecule has 1 aromatic rings. The summed E-state index contributed by atoms with van der Waals surface area (Å²) in [4.78, 5) is 0. The molecular weight excluding hydrogens is 201 g/mol. The topological polar surface area (TPSA) is 12.0 Å². The fourth-order valence-electron chi connectivity index (χ4n) is 2.02. The molecule has 0 aliphatic carbocycles. The van der Waals surface area contributed by atoms with Crippen LogP contribution in [0, 0.1) is 5.82 Å². The maximum absolute atomic E-state index is 13.5. The number of hydrogen-bond acceptors (Lipinski definition) is 1. The minimum Gasteiger partial charge on any atom is -0.307 e. The summed E-state index contributed by atoms with van der Waals surface area (Å²) in [6.45, 7) is 6.37. The molecule has 0 aliphatic rings. The molecule has 1 aromatic carbocycles. The maximum atomic E-state index is 13.5. The van der Waals surface area contributed by atoms with Gasteiger partial charge in [0.05, 0.1) is 0 Å². The Bertz CT molecular complexity index is 311. The second-order valence-corrected chi connectivity index (χ2v) is 4.30. The lowest BCUT2D eigenvalue weighted by atomic mass is 10.0. The number of hydrogen-bond donors (Lipinski definition) is 1. The van der Waals surface area contributed by atoms with Gasteiger partial charge in [-0.1, -0.05) is 38.5 Å². The molecule has 0 fully saturated rings. The highest BCUT2D eigenvalue weighted by Gasteiger charge is 2.13. The quantitative estimate of drug-likeness (QED) is 0.767. The van der Waals surface area contributed by atoms with Gasteiger partial charge >= 0.3 is 0 Å². The van der Waals surface area contributed by atoms with E-state index in [1.165, 1.54) is 6.07 Å². The van der Waals surface area contributed by atoms with Gasteiger partial charge in [-0.2, -0.15) is 0 Å². The average molecular weight is 223 g/mol. The van der Waals surface area contributed by atoms with E-state index in [0.717, 1.165) is 24.8 Å². The van der Waals surface area contributed by atoms with Crippen LogP contribution in [0.2, 0.25) is 0 Å². The summed E-state index contributed by atoms with van der Waals surface area (Å²) in [5.74, 6) is -0.117. The monoisotopic (exact) mass is 223 g/mol. The van der Waals surface area contributed by atoms with E-state index in [2.05, 4.69) is 19.2 Å². The first kappa shape index (κ1) is 13.2. The van der Waals surface area contributed by atoms with Crippen molar-refractivity contribution in [1.82, 2.24) is 5.32 Å². The molecule has 0 aliphatic heterocycles. The molecule has 0 radical (unpaired) electrons. The van der Waals surface area contributed by atoms with Gasteiger partial charge in [0.25, 0.3) is 0 Å². The summed E-state index contributed by atoms with van der Waals surface area (Å²) in [7, 11) is 0. The predicted octanol–water partition coefficient (Wildman–Crippen LogP) is 4.06. The van der Waals surface area contributed by atoms with Crippen molar-refractivity contribution in [2.24, 2.45) is 0 Å². The zero-order valence-corrected chi connectivity index (χ0v) is 10.5. The predicted molar refractivity (Wildman–Crippen MR) is 66.9 cm³/mol. The van der Waals surface area contributed by atoms with Crippen molar-refractivity contribution in [3.05, 3.63) is 35.6 Å². The van der Waals surface area contributed by atoms with Crippen LogP contribution >= 0.6 is 0 Å². The van der Waals surface area contributed by atoms with Crippen LogP contribution in [0.1, 0.15) is 51.6 Å². The Morgan fingerprint density at radius 3 is 2.50 bits per heavy atom. The minimum absolute atomic E-state index is 0.0812. The van der Waals surface area contributed by atoms with Crippen molar-refractivity contribution in [2.45, 2.75) is 52.1 Å².